The second kappa shape index (κ2) is 10.7. The Bertz CT molecular complexity index is 832. The molecule has 168 valence electrons. The molecule has 3 heterocycles. The number of aryl methyl sites for hydroxylation is 1. The van der Waals surface area contributed by atoms with Crippen molar-refractivity contribution in [3.8, 4) is 5.75 Å². The van der Waals surface area contributed by atoms with E-state index in [1.807, 2.05) is 19.4 Å². The molecule has 1 aromatic heterocycles. The Morgan fingerprint density at radius 3 is 2.35 bits per heavy atom. The van der Waals surface area contributed by atoms with Crippen LogP contribution in [0.2, 0.25) is 0 Å². The van der Waals surface area contributed by atoms with Crippen LogP contribution in [0.4, 0.5) is 5.95 Å². The van der Waals surface area contributed by atoms with E-state index >= 15 is 0 Å². The Morgan fingerprint density at radius 2 is 1.74 bits per heavy atom. The molecule has 0 unspecified atom stereocenters. The summed E-state index contributed by atoms with van der Waals surface area (Å²) in [6.45, 7) is 9.23. The van der Waals surface area contributed by atoms with Crippen molar-refractivity contribution in [1.29, 1.82) is 0 Å². The summed E-state index contributed by atoms with van der Waals surface area (Å²) in [5.74, 6) is 1.77. The quantitative estimate of drug-likeness (QED) is 0.642. The van der Waals surface area contributed by atoms with Gasteiger partial charge in [0.2, 0.25) is 5.95 Å². The first-order valence-electron chi connectivity index (χ1n) is 11.3. The van der Waals surface area contributed by atoms with E-state index in [-0.39, 0.29) is 6.10 Å². The highest BCUT2D eigenvalue weighted by Gasteiger charge is 2.23. The van der Waals surface area contributed by atoms with E-state index < -0.39 is 0 Å². The van der Waals surface area contributed by atoms with Crippen LogP contribution in [0, 0.1) is 0 Å². The molecule has 0 bridgehead atoms. The molecule has 2 aliphatic heterocycles. The summed E-state index contributed by atoms with van der Waals surface area (Å²) in [5.41, 5.74) is 5.73. The predicted molar refractivity (Wildman–Crippen MR) is 127 cm³/mol. The number of aromatic nitrogens is 2. The third-order valence-corrected chi connectivity index (χ3v) is 6.83. The van der Waals surface area contributed by atoms with Gasteiger partial charge in [-0.1, -0.05) is 13.0 Å². The fraction of sp³-hybridized carbons (Fsp3) is 0.565. The third kappa shape index (κ3) is 5.94. The van der Waals surface area contributed by atoms with Crippen LogP contribution in [-0.2, 0) is 13.0 Å². The van der Waals surface area contributed by atoms with E-state index in [2.05, 4.69) is 71.3 Å². The molecule has 2 aliphatic rings. The number of hydrogen-bond acceptors (Lipinski definition) is 7. The van der Waals surface area contributed by atoms with Crippen LogP contribution in [0.3, 0.4) is 0 Å². The van der Waals surface area contributed by atoms with Gasteiger partial charge in [-0.05, 0) is 52.7 Å². The van der Waals surface area contributed by atoms with Crippen LogP contribution in [-0.4, -0.2) is 72.3 Å². The molecule has 1 aromatic carbocycles. The van der Waals surface area contributed by atoms with Gasteiger partial charge in [0.05, 0.1) is 4.47 Å². The van der Waals surface area contributed by atoms with Crippen molar-refractivity contribution >= 4 is 21.9 Å². The van der Waals surface area contributed by atoms with Crippen molar-refractivity contribution in [3.05, 3.63) is 46.2 Å². The Hall–Kier alpha value is -1.74. The van der Waals surface area contributed by atoms with Crippen LogP contribution in [0.1, 0.15) is 30.9 Å². The number of hydrazine groups is 1. The number of piperidine rings is 1. The first-order valence-corrected chi connectivity index (χ1v) is 12.1. The summed E-state index contributed by atoms with van der Waals surface area (Å²) in [7, 11) is 1.99. The zero-order valence-corrected chi connectivity index (χ0v) is 20.1. The van der Waals surface area contributed by atoms with Crippen LogP contribution in [0.15, 0.2) is 35.1 Å². The molecule has 0 atom stereocenters. The lowest BCUT2D eigenvalue weighted by Crippen LogP contribution is -2.50. The summed E-state index contributed by atoms with van der Waals surface area (Å²) < 4.78 is 7.38. The Balaban J connectivity index is 1.27. The smallest absolute Gasteiger partial charge is 0.225 e. The van der Waals surface area contributed by atoms with Gasteiger partial charge < -0.3 is 9.64 Å². The van der Waals surface area contributed by atoms with Crippen LogP contribution in [0.25, 0.3) is 0 Å². The fourth-order valence-corrected chi connectivity index (χ4v) is 4.69. The lowest BCUT2D eigenvalue weighted by Gasteiger charge is -2.34. The molecule has 0 saturated carbocycles. The molecular formula is C23H33BrN6O. The Labute approximate surface area is 193 Å². The summed E-state index contributed by atoms with van der Waals surface area (Å²) in [5, 5.41) is 2.26. The summed E-state index contributed by atoms with van der Waals surface area (Å²) in [6.07, 6.45) is 7.01. The standard InChI is InChI=1S/C23H33BrN6O/c1-3-18-15-26-23(27-16-18)29-8-6-20(7-9-29)31-22-5-4-19(14-21(22)24)17-28-10-12-30(25-2)13-11-28/h4-5,14-16,20,25H,3,6-13,17H2,1-2H3. The first kappa shape index (κ1) is 22.5. The van der Waals surface area contributed by atoms with Crippen molar-refractivity contribution in [1.82, 2.24) is 25.3 Å². The number of nitrogens with one attached hydrogen (secondary N) is 1. The van der Waals surface area contributed by atoms with Crippen molar-refractivity contribution in [2.45, 2.75) is 38.8 Å². The highest BCUT2D eigenvalue weighted by Crippen LogP contribution is 2.30. The van der Waals surface area contributed by atoms with Gasteiger partial charge in [-0.2, -0.15) is 0 Å². The SMILES string of the molecule is CCc1cnc(N2CCC(Oc3ccc(CN4CCN(NC)CC4)cc3Br)CC2)nc1. The van der Waals surface area contributed by atoms with Crippen LogP contribution < -0.4 is 15.1 Å². The van der Waals surface area contributed by atoms with Crippen molar-refractivity contribution in [2.24, 2.45) is 0 Å². The van der Waals surface area contributed by atoms with Gasteiger partial charge in [0, 0.05) is 71.0 Å². The van der Waals surface area contributed by atoms with Gasteiger partial charge >= 0.3 is 0 Å². The topological polar surface area (TPSA) is 56.8 Å². The molecular weight excluding hydrogens is 456 g/mol. The highest BCUT2D eigenvalue weighted by molar-refractivity contribution is 9.10. The van der Waals surface area contributed by atoms with Crippen molar-refractivity contribution in [3.63, 3.8) is 0 Å². The number of hydrogen-bond donors (Lipinski definition) is 1. The number of ether oxygens (including phenoxy) is 1. The zero-order valence-electron chi connectivity index (χ0n) is 18.6. The Morgan fingerprint density at radius 1 is 1.03 bits per heavy atom. The molecule has 2 fully saturated rings. The van der Waals surface area contributed by atoms with Crippen molar-refractivity contribution < 1.29 is 4.74 Å². The summed E-state index contributed by atoms with van der Waals surface area (Å²) >= 11 is 3.73. The molecule has 0 spiro atoms. The zero-order chi connectivity index (χ0) is 21.6. The molecule has 31 heavy (non-hydrogen) atoms. The molecule has 2 saturated heterocycles. The molecule has 0 amide bonds. The molecule has 0 radical (unpaired) electrons. The second-order valence-electron chi connectivity index (χ2n) is 8.30. The highest BCUT2D eigenvalue weighted by atomic mass is 79.9. The average Bonchev–Trinajstić information content (AvgIpc) is 2.82. The van der Waals surface area contributed by atoms with Gasteiger partial charge in [-0.3, -0.25) is 10.3 Å². The van der Waals surface area contributed by atoms with Gasteiger partial charge in [0.25, 0.3) is 0 Å². The largest absolute Gasteiger partial charge is 0.489 e. The lowest BCUT2D eigenvalue weighted by atomic mass is 10.1. The average molecular weight is 489 g/mol. The number of piperazine rings is 1. The minimum Gasteiger partial charge on any atom is -0.489 e. The fourth-order valence-electron chi connectivity index (χ4n) is 4.17. The minimum atomic E-state index is 0.225. The predicted octanol–water partition coefficient (Wildman–Crippen LogP) is 3.10. The van der Waals surface area contributed by atoms with Gasteiger partial charge in [0.15, 0.2) is 0 Å². The summed E-state index contributed by atoms with van der Waals surface area (Å²) in [4.78, 5) is 13.8. The maximum atomic E-state index is 6.34. The number of anilines is 1. The number of nitrogens with zero attached hydrogens (tertiary/aromatic N) is 5. The van der Waals surface area contributed by atoms with Crippen LogP contribution >= 0.6 is 15.9 Å². The van der Waals surface area contributed by atoms with Gasteiger partial charge in [-0.15, -0.1) is 0 Å². The lowest BCUT2D eigenvalue weighted by molar-refractivity contribution is 0.0946. The maximum Gasteiger partial charge on any atom is 0.225 e. The van der Waals surface area contributed by atoms with Gasteiger partial charge in [0.1, 0.15) is 11.9 Å². The molecule has 2 aromatic rings. The van der Waals surface area contributed by atoms with E-state index in [0.717, 1.165) is 81.2 Å². The third-order valence-electron chi connectivity index (χ3n) is 6.21. The van der Waals surface area contributed by atoms with E-state index in [9.17, 15) is 0 Å². The van der Waals surface area contributed by atoms with Crippen molar-refractivity contribution in [2.75, 3.05) is 51.2 Å². The van der Waals surface area contributed by atoms with Gasteiger partial charge in [-0.25, -0.2) is 15.0 Å². The molecule has 7 nitrogen and oxygen atoms in total. The van der Waals surface area contributed by atoms with E-state index in [1.54, 1.807) is 0 Å². The first-order chi connectivity index (χ1) is 15.1. The van der Waals surface area contributed by atoms with E-state index in [0.29, 0.717) is 0 Å². The maximum absolute atomic E-state index is 6.34. The van der Waals surface area contributed by atoms with E-state index in [1.165, 1.54) is 11.1 Å². The number of benzene rings is 1. The second-order valence-corrected chi connectivity index (χ2v) is 9.16. The monoisotopic (exact) mass is 488 g/mol. The summed E-state index contributed by atoms with van der Waals surface area (Å²) in [6, 6.07) is 6.52. The number of halogens is 1. The molecule has 1 N–H and O–H groups in total. The molecule has 4 rings (SSSR count). The molecule has 0 aliphatic carbocycles. The molecule has 8 heteroatoms. The normalized spacial score (nSPS) is 19.0. The minimum absolute atomic E-state index is 0.225. The number of rotatable bonds is 7. The van der Waals surface area contributed by atoms with Crippen LogP contribution in [0.5, 0.6) is 5.75 Å². The Kier molecular flexibility index (Phi) is 7.76. The van der Waals surface area contributed by atoms with E-state index in [4.69, 9.17) is 4.74 Å².